The summed E-state index contributed by atoms with van der Waals surface area (Å²) in [6.45, 7) is 4.18. The SMILES string of the molecule is COc1ccc2c(c1)nc(-c1nc(N)n[nH]1)n2C(C)C. The van der Waals surface area contributed by atoms with E-state index in [9.17, 15) is 0 Å². The van der Waals surface area contributed by atoms with Gasteiger partial charge in [-0.1, -0.05) is 0 Å². The van der Waals surface area contributed by atoms with Gasteiger partial charge in [0.25, 0.3) is 0 Å². The number of H-pyrrole nitrogens is 1. The van der Waals surface area contributed by atoms with Crippen LogP contribution in [0.2, 0.25) is 0 Å². The number of nitrogens with one attached hydrogen (secondary N) is 1. The van der Waals surface area contributed by atoms with Gasteiger partial charge in [0, 0.05) is 12.1 Å². The van der Waals surface area contributed by atoms with E-state index in [4.69, 9.17) is 10.5 Å². The number of imidazole rings is 1. The van der Waals surface area contributed by atoms with E-state index in [1.807, 2.05) is 18.2 Å². The number of nitrogens with two attached hydrogens (primary N) is 1. The van der Waals surface area contributed by atoms with E-state index in [1.54, 1.807) is 7.11 Å². The molecular weight excluding hydrogens is 256 g/mol. The van der Waals surface area contributed by atoms with Crippen molar-refractivity contribution >= 4 is 17.0 Å². The van der Waals surface area contributed by atoms with E-state index in [-0.39, 0.29) is 12.0 Å². The summed E-state index contributed by atoms with van der Waals surface area (Å²) in [6.07, 6.45) is 0. The average molecular weight is 272 g/mol. The van der Waals surface area contributed by atoms with Crippen molar-refractivity contribution in [3.8, 4) is 17.4 Å². The standard InChI is InChI=1S/C13H16N6O/c1-7(2)19-10-5-4-8(20-3)6-9(10)15-12(19)11-16-13(14)18-17-11/h4-7H,1-3H3,(H3,14,16,17,18). The van der Waals surface area contributed by atoms with Crippen molar-refractivity contribution in [2.45, 2.75) is 19.9 Å². The molecule has 0 saturated carbocycles. The summed E-state index contributed by atoms with van der Waals surface area (Å²) in [4.78, 5) is 8.78. The van der Waals surface area contributed by atoms with Gasteiger partial charge >= 0.3 is 0 Å². The van der Waals surface area contributed by atoms with Crippen LogP contribution in [0, 0.1) is 0 Å². The molecule has 2 heterocycles. The molecule has 104 valence electrons. The van der Waals surface area contributed by atoms with Crippen LogP contribution in [0.25, 0.3) is 22.7 Å². The fourth-order valence-corrected chi connectivity index (χ4v) is 2.27. The first kappa shape index (κ1) is 12.5. The zero-order valence-electron chi connectivity index (χ0n) is 11.6. The Morgan fingerprint density at radius 3 is 2.70 bits per heavy atom. The van der Waals surface area contributed by atoms with Crippen molar-refractivity contribution in [3.05, 3.63) is 18.2 Å². The summed E-state index contributed by atoms with van der Waals surface area (Å²) in [7, 11) is 1.64. The highest BCUT2D eigenvalue weighted by molar-refractivity contribution is 5.81. The molecule has 0 spiro atoms. The number of aromatic nitrogens is 5. The van der Waals surface area contributed by atoms with Gasteiger partial charge in [-0.2, -0.15) is 4.98 Å². The first-order chi connectivity index (χ1) is 9.60. The lowest BCUT2D eigenvalue weighted by Gasteiger charge is -2.11. The number of aromatic amines is 1. The zero-order chi connectivity index (χ0) is 14.3. The van der Waals surface area contributed by atoms with Crippen LogP contribution in [0.5, 0.6) is 5.75 Å². The van der Waals surface area contributed by atoms with Crippen molar-refractivity contribution < 1.29 is 4.74 Å². The van der Waals surface area contributed by atoms with Crippen molar-refractivity contribution in [3.63, 3.8) is 0 Å². The van der Waals surface area contributed by atoms with Crippen molar-refractivity contribution in [2.75, 3.05) is 12.8 Å². The maximum Gasteiger partial charge on any atom is 0.239 e. The number of ether oxygens (including phenoxy) is 1. The van der Waals surface area contributed by atoms with E-state index < -0.39 is 0 Å². The van der Waals surface area contributed by atoms with Gasteiger partial charge in [-0.15, -0.1) is 5.10 Å². The maximum atomic E-state index is 5.57. The summed E-state index contributed by atoms with van der Waals surface area (Å²) in [5.41, 5.74) is 7.44. The summed E-state index contributed by atoms with van der Waals surface area (Å²) >= 11 is 0. The number of benzene rings is 1. The van der Waals surface area contributed by atoms with Crippen LogP contribution in [-0.4, -0.2) is 31.8 Å². The van der Waals surface area contributed by atoms with Crippen LogP contribution in [0.4, 0.5) is 5.95 Å². The van der Waals surface area contributed by atoms with Crippen LogP contribution in [0.1, 0.15) is 19.9 Å². The van der Waals surface area contributed by atoms with Crippen molar-refractivity contribution in [1.82, 2.24) is 24.7 Å². The van der Waals surface area contributed by atoms with Crippen LogP contribution in [-0.2, 0) is 0 Å². The average Bonchev–Trinajstić information content (AvgIpc) is 3.00. The molecule has 7 heteroatoms. The number of fused-ring (bicyclic) bond motifs is 1. The largest absolute Gasteiger partial charge is 0.497 e. The Morgan fingerprint density at radius 1 is 1.30 bits per heavy atom. The maximum absolute atomic E-state index is 5.57. The minimum Gasteiger partial charge on any atom is -0.497 e. The number of rotatable bonds is 3. The smallest absolute Gasteiger partial charge is 0.239 e. The number of nitrogen functional groups attached to an aromatic ring is 1. The minimum absolute atomic E-state index is 0.208. The monoisotopic (exact) mass is 272 g/mol. The molecule has 0 aliphatic rings. The normalized spacial score (nSPS) is 11.4. The number of methoxy groups -OCH3 is 1. The molecule has 0 unspecified atom stereocenters. The number of anilines is 1. The van der Waals surface area contributed by atoms with E-state index in [0.29, 0.717) is 11.6 Å². The van der Waals surface area contributed by atoms with E-state index >= 15 is 0 Å². The third kappa shape index (κ3) is 1.87. The number of nitrogens with zero attached hydrogens (tertiary/aromatic N) is 4. The van der Waals surface area contributed by atoms with Gasteiger partial charge in [-0.25, -0.2) is 4.98 Å². The Bertz CT molecular complexity index is 757. The molecule has 0 atom stereocenters. The van der Waals surface area contributed by atoms with E-state index in [2.05, 4.69) is 38.6 Å². The molecule has 1 aromatic carbocycles. The quantitative estimate of drug-likeness (QED) is 0.760. The van der Waals surface area contributed by atoms with Gasteiger partial charge in [0.2, 0.25) is 5.95 Å². The molecule has 0 radical (unpaired) electrons. The molecule has 0 saturated heterocycles. The summed E-state index contributed by atoms with van der Waals surface area (Å²) in [6, 6.07) is 6.04. The fraction of sp³-hybridized carbons (Fsp3) is 0.308. The predicted octanol–water partition coefficient (Wildman–Crippen LogP) is 1.99. The zero-order valence-corrected chi connectivity index (χ0v) is 11.6. The Hall–Kier alpha value is -2.57. The third-order valence-electron chi connectivity index (χ3n) is 3.13. The van der Waals surface area contributed by atoms with Crippen molar-refractivity contribution in [2.24, 2.45) is 0 Å². The molecule has 20 heavy (non-hydrogen) atoms. The first-order valence-electron chi connectivity index (χ1n) is 6.34. The molecule has 3 rings (SSSR count). The molecule has 0 aliphatic carbocycles. The van der Waals surface area contributed by atoms with E-state index in [1.165, 1.54) is 0 Å². The van der Waals surface area contributed by atoms with Crippen LogP contribution >= 0.6 is 0 Å². The molecule has 2 aromatic heterocycles. The van der Waals surface area contributed by atoms with Gasteiger partial charge in [0.05, 0.1) is 18.1 Å². The summed E-state index contributed by atoms with van der Waals surface area (Å²) < 4.78 is 7.33. The van der Waals surface area contributed by atoms with Crippen LogP contribution < -0.4 is 10.5 Å². The second kappa shape index (κ2) is 4.52. The lowest BCUT2D eigenvalue weighted by Crippen LogP contribution is -2.04. The predicted molar refractivity (Wildman–Crippen MR) is 76.5 cm³/mol. The van der Waals surface area contributed by atoms with Gasteiger partial charge in [0.1, 0.15) is 5.75 Å². The lowest BCUT2D eigenvalue weighted by atomic mass is 10.2. The molecule has 0 amide bonds. The molecular formula is C13H16N6O. The Balaban J connectivity index is 2.27. The Labute approximate surface area is 115 Å². The molecule has 0 aliphatic heterocycles. The number of hydrogen-bond acceptors (Lipinski definition) is 5. The van der Waals surface area contributed by atoms with Gasteiger partial charge in [-0.05, 0) is 26.0 Å². The first-order valence-corrected chi connectivity index (χ1v) is 6.34. The highest BCUT2D eigenvalue weighted by atomic mass is 16.5. The molecule has 7 nitrogen and oxygen atoms in total. The fourth-order valence-electron chi connectivity index (χ4n) is 2.27. The van der Waals surface area contributed by atoms with Gasteiger partial charge in [-0.3, -0.25) is 5.10 Å². The van der Waals surface area contributed by atoms with Gasteiger partial charge in [0.15, 0.2) is 11.6 Å². The third-order valence-corrected chi connectivity index (χ3v) is 3.13. The van der Waals surface area contributed by atoms with Crippen LogP contribution in [0.3, 0.4) is 0 Å². The number of hydrogen-bond donors (Lipinski definition) is 2. The second-order valence-electron chi connectivity index (χ2n) is 4.80. The van der Waals surface area contributed by atoms with Crippen LogP contribution in [0.15, 0.2) is 18.2 Å². The highest BCUT2D eigenvalue weighted by Gasteiger charge is 2.18. The topological polar surface area (TPSA) is 94.6 Å². The molecule has 3 N–H and O–H groups in total. The van der Waals surface area contributed by atoms with E-state index in [0.717, 1.165) is 16.8 Å². The summed E-state index contributed by atoms with van der Waals surface area (Å²) in [5.74, 6) is 2.26. The highest BCUT2D eigenvalue weighted by Crippen LogP contribution is 2.28. The molecule has 0 bridgehead atoms. The summed E-state index contributed by atoms with van der Waals surface area (Å²) in [5, 5.41) is 6.67. The Morgan fingerprint density at radius 2 is 2.10 bits per heavy atom. The Kier molecular flexibility index (Phi) is 2.81. The van der Waals surface area contributed by atoms with Crippen molar-refractivity contribution in [1.29, 1.82) is 0 Å². The van der Waals surface area contributed by atoms with Gasteiger partial charge < -0.3 is 15.0 Å². The molecule has 0 fully saturated rings. The second-order valence-corrected chi connectivity index (χ2v) is 4.80. The lowest BCUT2D eigenvalue weighted by molar-refractivity contribution is 0.415. The minimum atomic E-state index is 0.208. The molecule has 3 aromatic rings.